The fraction of sp³-hybridized carbons (Fsp3) is 0.538. The molecule has 94 valence electrons. The van der Waals surface area contributed by atoms with Gasteiger partial charge in [-0.05, 0) is 37.2 Å². The number of benzene rings is 1. The van der Waals surface area contributed by atoms with Crippen LogP contribution in [0.1, 0.15) is 37.2 Å². The zero-order valence-electron chi connectivity index (χ0n) is 10.0. The van der Waals surface area contributed by atoms with Crippen LogP contribution < -0.4 is 0 Å². The highest BCUT2D eigenvalue weighted by Crippen LogP contribution is 2.34. The average Bonchev–Trinajstić information content (AvgIpc) is 2.29. The number of hydrogen-bond donors (Lipinski definition) is 0. The Morgan fingerprint density at radius 2 is 1.65 bits per heavy atom. The van der Waals surface area contributed by atoms with Crippen LogP contribution in [0, 0.1) is 0 Å². The van der Waals surface area contributed by atoms with Gasteiger partial charge in [0.25, 0.3) is 10.1 Å². The highest BCUT2D eigenvalue weighted by atomic mass is 32.2. The maximum atomic E-state index is 11.0. The van der Waals surface area contributed by atoms with Crippen LogP contribution in [-0.4, -0.2) is 20.8 Å². The van der Waals surface area contributed by atoms with Gasteiger partial charge in [-0.1, -0.05) is 30.3 Å². The topological polar surface area (TPSA) is 43.4 Å². The molecule has 0 aromatic heterocycles. The Balaban J connectivity index is 1.91. The third-order valence-corrected chi connectivity index (χ3v) is 3.88. The minimum atomic E-state index is -3.31. The normalized spacial score (nSPS) is 25.7. The minimum Gasteiger partial charge on any atom is -0.267 e. The molecule has 0 heterocycles. The molecule has 1 fully saturated rings. The van der Waals surface area contributed by atoms with Crippen molar-refractivity contribution < 1.29 is 12.6 Å². The smallest absolute Gasteiger partial charge is 0.264 e. The zero-order chi connectivity index (χ0) is 12.3. The Bertz CT molecular complexity index is 445. The van der Waals surface area contributed by atoms with Crippen molar-refractivity contribution in [1.29, 1.82) is 0 Å². The largest absolute Gasteiger partial charge is 0.267 e. The Morgan fingerprint density at radius 1 is 1.06 bits per heavy atom. The third kappa shape index (κ3) is 3.82. The van der Waals surface area contributed by atoms with Gasteiger partial charge in [-0.2, -0.15) is 8.42 Å². The molecule has 0 N–H and O–H groups in total. The molecule has 1 aliphatic rings. The van der Waals surface area contributed by atoms with Crippen LogP contribution in [0.4, 0.5) is 0 Å². The fourth-order valence-corrected chi connectivity index (χ4v) is 3.15. The van der Waals surface area contributed by atoms with Crippen molar-refractivity contribution in [1.82, 2.24) is 0 Å². The lowest BCUT2D eigenvalue weighted by atomic mass is 9.83. The Kier molecular flexibility index (Phi) is 3.84. The lowest BCUT2D eigenvalue weighted by molar-refractivity contribution is 0.155. The molecule has 4 heteroatoms. The van der Waals surface area contributed by atoms with Crippen molar-refractivity contribution in [2.75, 3.05) is 6.26 Å². The highest BCUT2D eigenvalue weighted by molar-refractivity contribution is 7.86. The molecule has 1 aromatic carbocycles. The van der Waals surface area contributed by atoms with Gasteiger partial charge in [-0.3, -0.25) is 4.18 Å². The summed E-state index contributed by atoms with van der Waals surface area (Å²) in [4.78, 5) is 0. The van der Waals surface area contributed by atoms with Gasteiger partial charge in [-0.15, -0.1) is 0 Å². The molecule has 0 bridgehead atoms. The van der Waals surface area contributed by atoms with Gasteiger partial charge in [0.05, 0.1) is 12.4 Å². The van der Waals surface area contributed by atoms with Gasteiger partial charge in [0.2, 0.25) is 0 Å². The lowest BCUT2D eigenvalue weighted by Gasteiger charge is -2.27. The third-order valence-electron chi connectivity index (χ3n) is 3.26. The molecule has 0 unspecified atom stereocenters. The van der Waals surface area contributed by atoms with Crippen molar-refractivity contribution in [2.24, 2.45) is 0 Å². The molecule has 0 atom stereocenters. The minimum absolute atomic E-state index is 0.120. The molecular weight excluding hydrogens is 236 g/mol. The molecule has 0 saturated heterocycles. The SMILES string of the molecule is CS(=O)(=O)O[C@H]1CC[C@@H](c2ccccc2)CC1. The van der Waals surface area contributed by atoms with E-state index in [0.717, 1.165) is 31.9 Å². The summed E-state index contributed by atoms with van der Waals surface area (Å²) in [7, 11) is -3.31. The molecular formula is C13H18O3S. The van der Waals surface area contributed by atoms with Crippen molar-refractivity contribution in [2.45, 2.75) is 37.7 Å². The molecule has 1 aromatic rings. The lowest BCUT2D eigenvalue weighted by Crippen LogP contribution is -2.23. The summed E-state index contributed by atoms with van der Waals surface area (Å²) in [5.74, 6) is 0.551. The molecule has 0 amide bonds. The Hall–Kier alpha value is -0.870. The van der Waals surface area contributed by atoms with E-state index in [1.165, 1.54) is 5.56 Å². The second-order valence-electron chi connectivity index (χ2n) is 4.68. The van der Waals surface area contributed by atoms with Gasteiger partial charge in [-0.25, -0.2) is 0 Å². The van der Waals surface area contributed by atoms with Crippen LogP contribution in [0.5, 0.6) is 0 Å². The molecule has 3 nitrogen and oxygen atoms in total. The Labute approximate surface area is 103 Å². The van der Waals surface area contributed by atoms with Crippen molar-refractivity contribution in [3.63, 3.8) is 0 Å². The standard InChI is InChI=1S/C13H18O3S/c1-17(14,15)16-13-9-7-12(8-10-13)11-5-3-2-4-6-11/h2-6,12-13H,7-10H2,1H3/t12-,13+. The van der Waals surface area contributed by atoms with E-state index in [-0.39, 0.29) is 6.10 Å². The van der Waals surface area contributed by atoms with Gasteiger partial charge < -0.3 is 0 Å². The molecule has 0 spiro atoms. The average molecular weight is 254 g/mol. The van der Waals surface area contributed by atoms with Gasteiger partial charge in [0, 0.05) is 0 Å². The second kappa shape index (κ2) is 5.19. The monoisotopic (exact) mass is 254 g/mol. The highest BCUT2D eigenvalue weighted by Gasteiger charge is 2.25. The first-order chi connectivity index (χ1) is 8.04. The van der Waals surface area contributed by atoms with Crippen molar-refractivity contribution >= 4 is 10.1 Å². The number of hydrogen-bond acceptors (Lipinski definition) is 3. The summed E-state index contributed by atoms with van der Waals surface area (Å²) in [5.41, 5.74) is 1.35. The van der Waals surface area contributed by atoms with Gasteiger partial charge in [0.15, 0.2) is 0 Å². The molecule has 17 heavy (non-hydrogen) atoms. The van der Waals surface area contributed by atoms with Crippen LogP contribution >= 0.6 is 0 Å². The second-order valence-corrected chi connectivity index (χ2v) is 6.29. The van der Waals surface area contributed by atoms with E-state index in [0.29, 0.717) is 5.92 Å². The summed E-state index contributed by atoms with van der Waals surface area (Å²) >= 11 is 0. The number of rotatable bonds is 3. The van der Waals surface area contributed by atoms with Crippen LogP contribution in [0.25, 0.3) is 0 Å². The van der Waals surface area contributed by atoms with Gasteiger partial charge in [0.1, 0.15) is 0 Å². The zero-order valence-corrected chi connectivity index (χ0v) is 10.8. The van der Waals surface area contributed by atoms with Crippen LogP contribution in [-0.2, 0) is 14.3 Å². The predicted octanol–water partition coefficient (Wildman–Crippen LogP) is 2.69. The summed E-state index contributed by atoms with van der Waals surface area (Å²) in [6.07, 6.45) is 4.66. The van der Waals surface area contributed by atoms with Gasteiger partial charge >= 0.3 is 0 Å². The summed E-state index contributed by atoms with van der Waals surface area (Å²) < 4.78 is 27.1. The first-order valence-corrected chi connectivity index (χ1v) is 7.79. The molecule has 0 aliphatic heterocycles. The maximum Gasteiger partial charge on any atom is 0.264 e. The van der Waals surface area contributed by atoms with Crippen LogP contribution in [0.2, 0.25) is 0 Å². The fourth-order valence-electron chi connectivity index (χ4n) is 2.46. The van der Waals surface area contributed by atoms with E-state index < -0.39 is 10.1 Å². The summed E-state index contributed by atoms with van der Waals surface area (Å²) in [6, 6.07) is 10.4. The summed E-state index contributed by atoms with van der Waals surface area (Å²) in [5, 5.41) is 0. The van der Waals surface area contributed by atoms with E-state index in [9.17, 15) is 8.42 Å². The first-order valence-electron chi connectivity index (χ1n) is 5.98. The Morgan fingerprint density at radius 3 is 2.18 bits per heavy atom. The molecule has 1 saturated carbocycles. The predicted molar refractivity (Wildman–Crippen MR) is 67.4 cm³/mol. The van der Waals surface area contributed by atoms with Crippen molar-refractivity contribution in [3.8, 4) is 0 Å². The molecule has 2 rings (SSSR count). The van der Waals surface area contributed by atoms with E-state index in [1.54, 1.807) is 0 Å². The van der Waals surface area contributed by atoms with E-state index in [1.807, 2.05) is 6.07 Å². The quantitative estimate of drug-likeness (QED) is 0.779. The summed E-state index contributed by atoms with van der Waals surface area (Å²) in [6.45, 7) is 0. The van der Waals surface area contributed by atoms with E-state index in [4.69, 9.17) is 4.18 Å². The van der Waals surface area contributed by atoms with Crippen LogP contribution in [0.15, 0.2) is 30.3 Å². The van der Waals surface area contributed by atoms with Crippen LogP contribution in [0.3, 0.4) is 0 Å². The van der Waals surface area contributed by atoms with E-state index in [2.05, 4.69) is 24.3 Å². The maximum absolute atomic E-state index is 11.0. The molecule has 0 radical (unpaired) electrons. The first kappa shape index (κ1) is 12.6. The van der Waals surface area contributed by atoms with Crippen molar-refractivity contribution in [3.05, 3.63) is 35.9 Å². The van der Waals surface area contributed by atoms with E-state index >= 15 is 0 Å². The molecule has 1 aliphatic carbocycles.